The molecule has 7 heteroatoms. The lowest BCUT2D eigenvalue weighted by molar-refractivity contribution is 0.0947. The third-order valence-corrected chi connectivity index (χ3v) is 7.44. The molecule has 0 aromatic heterocycles. The van der Waals surface area contributed by atoms with Gasteiger partial charge in [0.05, 0.1) is 23.7 Å². The summed E-state index contributed by atoms with van der Waals surface area (Å²) in [6.07, 6.45) is 0. The van der Waals surface area contributed by atoms with Crippen LogP contribution in [0.4, 0.5) is 5.69 Å². The first kappa shape index (κ1) is 25.0. The fourth-order valence-electron chi connectivity index (χ4n) is 3.70. The van der Waals surface area contributed by atoms with Gasteiger partial charge in [-0.2, -0.15) is 0 Å². The number of hydrogen-bond donors (Lipinski definition) is 1. The summed E-state index contributed by atoms with van der Waals surface area (Å²) in [6.45, 7) is 2.83. The van der Waals surface area contributed by atoms with Crippen molar-refractivity contribution in [3.8, 4) is 5.75 Å². The van der Waals surface area contributed by atoms with E-state index in [0.29, 0.717) is 24.4 Å². The number of benzene rings is 4. The molecule has 0 saturated carbocycles. The molecular weight excluding hydrogens is 472 g/mol. The maximum atomic E-state index is 13.4. The molecule has 0 radical (unpaired) electrons. The molecule has 4 aromatic rings. The minimum atomic E-state index is -3.78. The molecular formula is C29H28N2O4S. The Hall–Kier alpha value is -4.10. The summed E-state index contributed by atoms with van der Waals surface area (Å²) in [7, 11) is -3.78. The van der Waals surface area contributed by atoms with Crippen LogP contribution in [0.3, 0.4) is 0 Å². The molecule has 0 unspecified atom stereocenters. The zero-order valence-electron chi connectivity index (χ0n) is 20.0. The first-order valence-corrected chi connectivity index (χ1v) is 13.1. The lowest BCUT2D eigenvalue weighted by atomic mass is 10.1. The van der Waals surface area contributed by atoms with E-state index in [1.165, 1.54) is 4.31 Å². The molecule has 4 rings (SSSR count). The molecule has 6 nitrogen and oxygen atoms in total. The summed E-state index contributed by atoms with van der Waals surface area (Å²) < 4.78 is 34.0. The SMILES string of the molecule is Cc1ccccc1OCCNC(=O)c1ccc(CN(c2ccccc2)S(=O)(=O)c2ccccc2)cc1. The molecule has 4 aromatic carbocycles. The van der Waals surface area contributed by atoms with Gasteiger partial charge in [0.2, 0.25) is 0 Å². The molecule has 0 atom stereocenters. The molecule has 0 saturated heterocycles. The van der Waals surface area contributed by atoms with E-state index in [4.69, 9.17) is 4.74 Å². The van der Waals surface area contributed by atoms with E-state index in [1.807, 2.05) is 37.3 Å². The highest BCUT2D eigenvalue weighted by Crippen LogP contribution is 2.26. The Morgan fingerprint density at radius 3 is 2.08 bits per heavy atom. The van der Waals surface area contributed by atoms with Gasteiger partial charge in [-0.3, -0.25) is 9.10 Å². The van der Waals surface area contributed by atoms with Crippen molar-refractivity contribution in [2.75, 3.05) is 17.5 Å². The number of rotatable bonds is 10. The van der Waals surface area contributed by atoms with Crippen LogP contribution >= 0.6 is 0 Å². The number of ether oxygens (including phenoxy) is 1. The van der Waals surface area contributed by atoms with E-state index >= 15 is 0 Å². The number of hydrogen-bond acceptors (Lipinski definition) is 4. The normalized spacial score (nSPS) is 11.0. The summed E-state index contributed by atoms with van der Waals surface area (Å²) in [5, 5.41) is 2.85. The van der Waals surface area contributed by atoms with E-state index in [2.05, 4.69) is 5.32 Å². The maximum Gasteiger partial charge on any atom is 0.264 e. The summed E-state index contributed by atoms with van der Waals surface area (Å²) in [4.78, 5) is 12.8. The zero-order chi connectivity index (χ0) is 25.4. The summed E-state index contributed by atoms with van der Waals surface area (Å²) >= 11 is 0. The van der Waals surface area contributed by atoms with Crippen LogP contribution in [0.15, 0.2) is 114 Å². The second kappa shape index (κ2) is 11.6. The Morgan fingerprint density at radius 1 is 0.806 bits per heavy atom. The van der Waals surface area contributed by atoms with Gasteiger partial charge in [-0.1, -0.05) is 66.7 Å². The number of anilines is 1. The zero-order valence-corrected chi connectivity index (χ0v) is 20.8. The minimum absolute atomic E-state index is 0.132. The number of para-hydroxylation sites is 2. The highest BCUT2D eigenvalue weighted by molar-refractivity contribution is 7.92. The van der Waals surface area contributed by atoms with E-state index in [1.54, 1.807) is 78.9 Å². The number of amides is 1. The van der Waals surface area contributed by atoms with Crippen molar-refractivity contribution in [1.29, 1.82) is 0 Å². The monoisotopic (exact) mass is 500 g/mol. The first-order valence-electron chi connectivity index (χ1n) is 11.6. The Labute approximate surface area is 212 Å². The number of nitrogens with one attached hydrogen (secondary N) is 1. The molecule has 184 valence electrons. The van der Waals surface area contributed by atoms with Crippen LogP contribution in [0.1, 0.15) is 21.5 Å². The maximum absolute atomic E-state index is 13.4. The summed E-state index contributed by atoms with van der Waals surface area (Å²) in [6, 6.07) is 32.0. The fraction of sp³-hybridized carbons (Fsp3) is 0.138. The third kappa shape index (κ3) is 6.12. The van der Waals surface area contributed by atoms with Crippen LogP contribution in [-0.2, 0) is 16.6 Å². The lowest BCUT2D eigenvalue weighted by Gasteiger charge is -2.25. The predicted molar refractivity (Wildman–Crippen MR) is 142 cm³/mol. The molecule has 0 aliphatic heterocycles. The van der Waals surface area contributed by atoms with E-state index in [9.17, 15) is 13.2 Å². The molecule has 0 aliphatic carbocycles. The third-order valence-electron chi connectivity index (χ3n) is 5.66. The van der Waals surface area contributed by atoms with Gasteiger partial charge in [0.1, 0.15) is 12.4 Å². The van der Waals surface area contributed by atoms with Crippen LogP contribution in [0.25, 0.3) is 0 Å². The Morgan fingerprint density at radius 2 is 1.42 bits per heavy atom. The number of carbonyl (C=O) groups is 1. The second-order valence-electron chi connectivity index (χ2n) is 8.23. The van der Waals surface area contributed by atoms with Gasteiger partial charge >= 0.3 is 0 Å². The number of nitrogens with zero attached hydrogens (tertiary/aromatic N) is 1. The summed E-state index contributed by atoms with van der Waals surface area (Å²) in [5.41, 5.74) is 2.86. The van der Waals surface area contributed by atoms with Crippen molar-refractivity contribution in [3.63, 3.8) is 0 Å². The van der Waals surface area contributed by atoms with Crippen molar-refractivity contribution in [1.82, 2.24) is 5.32 Å². The largest absolute Gasteiger partial charge is 0.491 e. The molecule has 1 N–H and O–H groups in total. The van der Waals surface area contributed by atoms with Crippen LogP contribution in [-0.4, -0.2) is 27.5 Å². The van der Waals surface area contributed by atoms with Gasteiger partial charge in [-0.15, -0.1) is 0 Å². The van der Waals surface area contributed by atoms with Crippen molar-refractivity contribution in [2.45, 2.75) is 18.4 Å². The molecule has 0 bridgehead atoms. The quantitative estimate of drug-likeness (QED) is 0.304. The van der Waals surface area contributed by atoms with Crippen molar-refractivity contribution in [2.24, 2.45) is 0 Å². The van der Waals surface area contributed by atoms with Crippen molar-refractivity contribution in [3.05, 3.63) is 126 Å². The number of sulfonamides is 1. The standard InChI is InChI=1S/C29H28N2O4S/c1-23-10-8-9-15-28(23)35-21-20-30-29(32)25-18-16-24(17-19-25)22-31(26-11-4-2-5-12-26)36(33,34)27-13-6-3-7-14-27/h2-19H,20-22H2,1H3,(H,30,32). The Balaban J connectivity index is 1.42. The lowest BCUT2D eigenvalue weighted by Crippen LogP contribution is -2.30. The van der Waals surface area contributed by atoms with Crippen LogP contribution in [0.2, 0.25) is 0 Å². The van der Waals surface area contributed by atoms with Gasteiger partial charge in [0.25, 0.3) is 15.9 Å². The number of carbonyl (C=O) groups excluding carboxylic acids is 1. The van der Waals surface area contributed by atoms with E-state index in [0.717, 1.165) is 16.9 Å². The fourth-order valence-corrected chi connectivity index (χ4v) is 5.18. The smallest absolute Gasteiger partial charge is 0.264 e. The van der Waals surface area contributed by atoms with Crippen LogP contribution in [0.5, 0.6) is 5.75 Å². The minimum Gasteiger partial charge on any atom is -0.491 e. The molecule has 0 aliphatic rings. The molecule has 1 amide bonds. The second-order valence-corrected chi connectivity index (χ2v) is 10.1. The summed E-state index contributed by atoms with van der Waals surface area (Å²) in [5.74, 6) is 0.580. The van der Waals surface area contributed by atoms with Crippen LogP contribution in [0, 0.1) is 6.92 Å². The highest BCUT2D eigenvalue weighted by Gasteiger charge is 2.25. The average Bonchev–Trinajstić information content (AvgIpc) is 2.92. The van der Waals surface area contributed by atoms with Gasteiger partial charge in [0.15, 0.2) is 0 Å². The van der Waals surface area contributed by atoms with Gasteiger partial charge in [-0.25, -0.2) is 8.42 Å². The van der Waals surface area contributed by atoms with E-state index in [-0.39, 0.29) is 17.3 Å². The molecule has 0 fully saturated rings. The Bertz CT molecular complexity index is 1390. The van der Waals surface area contributed by atoms with Gasteiger partial charge in [-0.05, 0) is 60.5 Å². The van der Waals surface area contributed by atoms with Crippen molar-refractivity contribution >= 4 is 21.6 Å². The van der Waals surface area contributed by atoms with Gasteiger partial charge < -0.3 is 10.1 Å². The Kier molecular flexibility index (Phi) is 8.02. The predicted octanol–water partition coefficient (Wildman–Crippen LogP) is 5.20. The van der Waals surface area contributed by atoms with Gasteiger partial charge in [0, 0.05) is 5.56 Å². The molecule has 36 heavy (non-hydrogen) atoms. The van der Waals surface area contributed by atoms with E-state index < -0.39 is 10.0 Å². The number of aryl methyl sites for hydroxylation is 1. The topological polar surface area (TPSA) is 75.7 Å². The first-order chi connectivity index (χ1) is 17.4. The highest BCUT2D eigenvalue weighted by atomic mass is 32.2. The average molecular weight is 501 g/mol. The van der Waals surface area contributed by atoms with Crippen molar-refractivity contribution < 1.29 is 17.9 Å². The molecule has 0 heterocycles. The molecule has 0 spiro atoms. The van der Waals surface area contributed by atoms with Crippen LogP contribution < -0.4 is 14.4 Å².